The topological polar surface area (TPSA) is 70.1 Å². The Morgan fingerprint density at radius 2 is 1.69 bits per heavy atom. The fourth-order valence-corrected chi connectivity index (χ4v) is 3.63. The first-order valence-corrected chi connectivity index (χ1v) is 9.85. The minimum Gasteiger partial charge on any atom is -0.478 e. The Bertz CT molecular complexity index is 861. The fraction of sp³-hybridized carbons (Fsp3) is 0.391. The number of anilines is 1. The lowest BCUT2D eigenvalue weighted by Gasteiger charge is -2.43. The molecule has 3 rings (SSSR count). The highest BCUT2D eigenvalue weighted by molar-refractivity contribution is 5.94. The number of amides is 1. The summed E-state index contributed by atoms with van der Waals surface area (Å²) in [5, 5.41) is 9.63. The number of carbonyl (C=O) groups excluding carboxylic acids is 1. The molecular formula is C23H28N2O4. The number of ether oxygens (including phenoxy) is 1. The van der Waals surface area contributed by atoms with E-state index in [2.05, 4.69) is 4.90 Å². The normalized spacial score (nSPS) is 17.1. The van der Waals surface area contributed by atoms with Crippen LogP contribution in [0.5, 0.6) is 0 Å². The molecule has 0 bridgehead atoms. The average Bonchev–Trinajstić information content (AvgIpc) is 2.67. The quantitative estimate of drug-likeness (QED) is 0.844. The summed E-state index contributed by atoms with van der Waals surface area (Å²) in [7, 11) is 0. The number of rotatable bonds is 4. The Morgan fingerprint density at radius 3 is 2.34 bits per heavy atom. The first-order chi connectivity index (χ1) is 13.7. The van der Waals surface area contributed by atoms with Crippen molar-refractivity contribution >= 4 is 17.7 Å². The van der Waals surface area contributed by atoms with Gasteiger partial charge in [0, 0.05) is 19.6 Å². The second kappa shape index (κ2) is 8.55. The molecule has 6 nitrogen and oxygen atoms in total. The molecule has 154 valence electrons. The van der Waals surface area contributed by atoms with Crippen LogP contribution in [0.2, 0.25) is 0 Å². The van der Waals surface area contributed by atoms with Gasteiger partial charge in [0.1, 0.15) is 5.60 Å². The number of hydrogen-bond acceptors (Lipinski definition) is 4. The van der Waals surface area contributed by atoms with Gasteiger partial charge in [0.15, 0.2) is 0 Å². The Balaban J connectivity index is 1.88. The van der Waals surface area contributed by atoms with Crippen molar-refractivity contribution in [1.82, 2.24) is 4.90 Å². The maximum Gasteiger partial charge on any atom is 0.410 e. The van der Waals surface area contributed by atoms with Crippen LogP contribution in [-0.2, 0) is 11.2 Å². The molecule has 1 heterocycles. The van der Waals surface area contributed by atoms with Crippen molar-refractivity contribution in [3.8, 4) is 0 Å². The number of benzene rings is 2. The third-order valence-electron chi connectivity index (χ3n) is 4.89. The number of carbonyl (C=O) groups is 2. The lowest BCUT2D eigenvalue weighted by molar-refractivity contribution is 0.0213. The van der Waals surface area contributed by atoms with Gasteiger partial charge in [-0.2, -0.15) is 0 Å². The predicted octanol–water partition coefficient (Wildman–Crippen LogP) is 4.05. The molecule has 2 aromatic carbocycles. The lowest BCUT2D eigenvalue weighted by atomic mass is 10.00. The Labute approximate surface area is 171 Å². The smallest absolute Gasteiger partial charge is 0.410 e. The molecule has 0 saturated carbocycles. The standard InChI is InChI=1S/C23H28N2O4/c1-23(2,3)29-22(28)24-13-14-25(20-12-8-7-11-19(20)21(26)27)18(16-24)15-17-9-5-4-6-10-17/h4-12,18H,13-16H2,1-3H3,(H,26,27)/t18-/m0/s1. The van der Waals surface area contributed by atoms with Crippen molar-refractivity contribution in [3.05, 3.63) is 65.7 Å². The third-order valence-corrected chi connectivity index (χ3v) is 4.89. The average molecular weight is 396 g/mol. The molecule has 1 fully saturated rings. The summed E-state index contributed by atoms with van der Waals surface area (Å²) in [6.07, 6.45) is 0.371. The first-order valence-electron chi connectivity index (χ1n) is 9.85. The van der Waals surface area contributed by atoms with Gasteiger partial charge < -0.3 is 19.6 Å². The van der Waals surface area contributed by atoms with Crippen LogP contribution in [-0.4, -0.2) is 53.3 Å². The summed E-state index contributed by atoms with van der Waals surface area (Å²) in [6, 6.07) is 17.0. The second-order valence-electron chi connectivity index (χ2n) is 8.29. The molecule has 1 saturated heterocycles. The van der Waals surface area contributed by atoms with Gasteiger partial charge >= 0.3 is 12.1 Å². The van der Waals surface area contributed by atoms with E-state index in [1.165, 1.54) is 0 Å². The van der Waals surface area contributed by atoms with Crippen LogP contribution in [0.25, 0.3) is 0 Å². The molecule has 29 heavy (non-hydrogen) atoms. The third kappa shape index (κ3) is 5.28. The van der Waals surface area contributed by atoms with E-state index in [1.54, 1.807) is 17.0 Å². The van der Waals surface area contributed by atoms with E-state index in [1.807, 2.05) is 63.2 Å². The molecule has 0 radical (unpaired) electrons. The summed E-state index contributed by atoms with van der Waals surface area (Å²) in [5.41, 5.74) is 1.54. The molecule has 0 unspecified atom stereocenters. The highest BCUT2D eigenvalue weighted by atomic mass is 16.6. The number of nitrogens with zero attached hydrogens (tertiary/aromatic N) is 2. The van der Waals surface area contributed by atoms with Crippen LogP contribution < -0.4 is 4.90 Å². The van der Waals surface area contributed by atoms with Gasteiger partial charge in [-0.3, -0.25) is 0 Å². The molecule has 1 aliphatic heterocycles. The second-order valence-corrected chi connectivity index (χ2v) is 8.29. The van der Waals surface area contributed by atoms with Crippen LogP contribution >= 0.6 is 0 Å². The Hall–Kier alpha value is -3.02. The van der Waals surface area contributed by atoms with Crippen molar-refractivity contribution in [2.45, 2.75) is 38.8 Å². The molecule has 6 heteroatoms. The van der Waals surface area contributed by atoms with Gasteiger partial charge in [0.2, 0.25) is 0 Å². The maximum absolute atomic E-state index is 12.6. The summed E-state index contributed by atoms with van der Waals surface area (Å²) in [5.74, 6) is -0.950. The summed E-state index contributed by atoms with van der Waals surface area (Å²) >= 11 is 0. The van der Waals surface area contributed by atoms with Gasteiger partial charge in [0.05, 0.1) is 17.3 Å². The van der Waals surface area contributed by atoms with E-state index in [9.17, 15) is 14.7 Å². The van der Waals surface area contributed by atoms with Crippen molar-refractivity contribution in [2.24, 2.45) is 0 Å². The van der Waals surface area contributed by atoms with Gasteiger partial charge in [-0.25, -0.2) is 9.59 Å². The van der Waals surface area contributed by atoms with Gasteiger partial charge in [-0.05, 0) is 44.9 Å². The fourth-order valence-electron chi connectivity index (χ4n) is 3.63. The molecule has 0 aliphatic carbocycles. The molecule has 0 aromatic heterocycles. The van der Waals surface area contributed by atoms with Gasteiger partial charge in [-0.1, -0.05) is 42.5 Å². The summed E-state index contributed by atoms with van der Waals surface area (Å²) < 4.78 is 5.55. The van der Waals surface area contributed by atoms with Crippen LogP contribution in [0.1, 0.15) is 36.7 Å². The van der Waals surface area contributed by atoms with Crippen molar-refractivity contribution in [1.29, 1.82) is 0 Å². The highest BCUT2D eigenvalue weighted by Crippen LogP contribution is 2.27. The molecule has 2 aromatic rings. The van der Waals surface area contributed by atoms with Crippen molar-refractivity contribution < 1.29 is 19.4 Å². The number of piperazine rings is 1. The Kier molecular flexibility index (Phi) is 6.11. The summed E-state index contributed by atoms with van der Waals surface area (Å²) in [4.78, 5) is 28.2. The zero-order valence-electron chi connectivity index (χ0n) is 17.2. The van der Waals surface area contributed by atoms with Gasteiger partial charge in [0.25, 0.3) is 0 Å². The SMILES string of the molecule is CC(C)(C)OC(=O)N1CCN(c2ccccc2C(=O)O)[C@@H](Cc2ccccc2)C1. The number of aromatic carboxylic acids is 1. The lowest BCUT2D eigenvalue weighted by Crippen LogP contribution is -2.56. The van der Waals surface area contributed by atoms with E-state index < -0.39 is 11.6 Å². The number of carboxylic acids is 1. The van der Waals surface area contributed by atoms with E-state index in [4.69, 9.17) is 4.74 Å². The van der Waals surface area contributed by atoms with Crippen LogP contribution in [0.15, 0.2) is 54.6 Å². The predicted molar refractivity (Wildman–Crippen MR) is 112 cm³/mol. The Morgan fingerprint density at radius 1 is 1.03 bits per heavy atom. The zero-order chi connectivity index (χ0) is 21.0. The van der Waals surface area contributed by atoms with Crippen molar-refractivity contribution in [2.75, 3.05) is 24.5 Å². The monoisotopic (exact) mass is 396 g/mol. The largest absolute Gasteiger partial charge is 0.478 e. The van der Waals surface area contributed by atoms with E-state index in [-0.39, 0.29) is 17.7 Å². The van der Waals surface area contributed by atoms with E-state index in [0.29, 0.717) is 31.7 Å². The number of hydrogen-bond donors (Lipinski definition) is 1. The highest BCUT2D eigenvalue weighted by Gasteiger charge is 2.33. The number of para-hydroxylation sites is 1. The molecule has 1 amide bonds. The van der Waals surface area contributed by atoms with Crippen LogP contribution in [0.4, 0.5) is 10.5 Å². The molecular weight excluding hydrogens is 368 g/mol. The van der Waals surface area contributed by atoms with Crippen molar-refractivity contribution in [3.63, 3.8) is 0 Å². The van der Waals surface area contributed by atoms with E-state index >= 15 is 0 Å². The van der Waals surface area contributed by atoms with Crippen LogP contribution in [0, 0.1) is 0 Å². The van der Waals surface area contributed by atoms with E-state index in [0.717, 1.165) is 5.56 Å². The zero-order valence-corrected chi connectivity index (χ0v) is 17.2. The molecule has 1 atom stereocenters. The summed E-state index contributed by atoms with van der Waals surface area (Å²) in [6.45, 7) is 7.05. The molecule has 1 N–H and O–H groups in total. The molecule has 1 aliphatic rings. The van der Waals surface area contributed by atoms with Gasteiger partial charge in [-0.15, -0.1) is 0 Å². The minimum absolute atomic E-state index is 0.0563. The minimum atomic E-state index is -0.950. The molecule has 0 spiro atoms. The number of carboxylic acid groups (broad SMARTS) is 1. The first kappa shape index (κ1) is 20.7. The van der Waals surface area contributed by atoms with Crippen LogP contribution in [0.3, 0.4) is 0 Å². The maximum atomic E-state index is 12.6.